The van der Waals surface area contributed by atoms with Gasteiger partial charge in [0.05, 0.1) is 32.9 Å². The fourth-order valence-corrected chi connectivity index (χ4v) is 6.46. The Bertz CT molecular complexity index is 1280. The van der Waals surface area contributed by atoms with Gasteiger partial charge < -0.3 is 14.6 Å². The number of hydrogen-bond donors (Lipinski definition) is 1. The van der Waals surface area contributed by atoms with Gasteiger partial charge in [-0.1, -0.05) is 48.9 Å². The first-order valence-corrected chi connectivity index (χ1v) is 13.3. The fourth-order valence-electron chi connectivity index (χ4n) is 6.15. The summed E-state index contributed by atoms with van der Waals surface area (Å²) >= 11 is 12.4. The van der Waals surface area contributed by atoms with E-state index in [-0.39, 0.29) is 5.82 Å². The molecule has 0 spiro atoms. The van der Waals surface area contributed by atoms with Gasteiger partial charge in [-0.2, -0.15) is 0 Å². The van der Waals surface area contributed by atoms with Crippen molar-refractivity contribution in [3.63, 3.8) is 0 Å². The van der Waals surface area contributed by atoms with E-state index in [4.69, 9.17) is 23.2 Å². The molecule has 36 heavy (non-hydrogen) atoms. The number of carbonyl (C=O) groups is 1. The third-order valence-corrected chi connectivity index (χ3v) is 8.60. The van der Waals surface area contributed by atoms with Crippen molar-refractivity contribution in [1.29, 1.82) is 0 Å². The Kier molecular flexibility index (Phi) is 7.05. The minimum absolute atomic E-state index is 0.231. The number of fused-ring (bicyclic) bond motifs is 2. The standard InChI is InChI=1S/C27H31Cl2FN4O2/c1-27(15-18-4-2-3-5-18,16-32-9-8-19-12-20(30)6-7-24(19)32)34(26(35)36)11-10-33-17-31-23-13-21(28)22(29)14-25(23)33/h6-7,12-14,17-18H,2-5,8-11,15-16H2,1H3,(H,35,36)/t27-/m0/s1. The van der Waals surface area contributed by atoms with Crippen molar-refractivity contribution in [2.75, 3.05) is 24.5 Å². The van der Waals surface area contributed by atoms with Gasteiger partial charge in [-0.3, -0.25) is 4.90 Å². The van der Waals surface area contributed by atoms with Crippen molar-refractivity contribution >= 4 is 46.0 Å². The Morgan fingerprint density at radius 3 is 2.72 bits per heavy atom. The molecule has 0 saturated heterocycles. The van der Waals surface area contributed by atoms with E-state index >= 15 is 0 Å². The summed E-state index contributed by atoms with van der Waals surface area (Å²) in [4.78, 5) is 21.0. The van der Waals surface area contributed by atoms with Crippen molar-refractivity contribution < 1.29 is 14.3 Å². The van der Waals surface area contributed by atoms with Crippen LogP contribution in [-0.4, -0.2) is 50.8 Å². The molecular formula is C27H31Cl2FN4O2. The molecule has 1 N–H and O–H groups in total. The van der Waals surface area contributed by atoms with Gasteiger partial charge >= 0.3 is 6.09 Å². The number of carboxylic acid groups (broad SMARTS) is 1. The highest BCUT2D eigenvalue weighted by Crippen LogP contribution is 2.38. The minimum atomic E-state index is -0.931. The molecule has 0 unspecified atom stereocenters. The quantitative estimate of drug-likeness (QED) is 0.344. The number of aromatic nitrogens is 2. The predicted molar refractivity (Wildman–Crippen MR) is 142 cm³/mol. The Morgan fingerprint density at radius 1 is 1.22 bits per heavy atom. The van der Waals surface area contributed by atoms with E-state index in [9.17, 15) is 14.3 Å². The lowest BCUT2D eigenvalue weighted by atomic mass is 9.85. The molecule has 1 aliphatic carbocycles. The van der Waals surface area contributed by atoms with E-state index in [0.29, 0.717) is 35.6 Å². The zero-order chi connectivity index (χ0) is 25.4. The van der Waals surface area contributed by atoms with Gasteiger partial charge in [0, 0.05) is 31.9 Å². The Labute approximate surface area is 220 Å². The first-order valence-electron chi connectivity index (χ1n) is 12.6. The average Bonchev–Trinajstić information content (AvgIpc) is 3.56. The van der Waals surface area contributed by atoms with Gasteiger partial charge in [0.25, 0.3) is 0 Å². The molecule has 6 nitrogen and oxygen atoms in total. The smallest absolute Gasteiger partial charge is 0.407 e. The van der Waals surface area contributed by atoms with Gasteiger partial charge in [0.2, 0.25) is 0 Å². The summed E-state index contributed by atoms with van der Waals surface area (Å²) in [5.41, 5.74) is 2.93. The Hall–Kier alpha value is -2.51. The van der Waals surface area contributed by atoms with Gasteiger partial charge in [-0.05, 0) is 61.6 Å². The van der Waals surface area contributed by atoms with Gasteiger partial charge in [-0.25, -0.2) is 14.2 Å². The molecule has 9 heteroatoms. The van der Waals surface area contributed by atoms with E-state index in [1.54, 1.807) is 29.4 Å². The van der Waals surface area contributed by atoms with Crippen LogP contribution in [0, 0.1) is 11.7 Å². The normalized spacial score (nSPS) is 17.5. The molecular weight excluding hydrogens is 502 g/mol. The van der Waals surface area contributed by atoms with Crippen LogP contribution in [0.25, 0.3) is 11.0 Å². The molecule has 1 amide bonds. The summed E-state index contributed by atoms with van der Waals surface area (Å²) in [6, 6.07) is 8.41. The van der Waals surface area contributed by atoms with Gasteiger partial charge in [0.15, 0.2) is 0 Å². The summed E-state index contributed by atoms with van der Waals surface area (Å²) in [7, 11) is 0. The van der Waals surface area contributed by atoms with E-state index in [1.165, 1.54) is 18.9 Å². The van der Waals surface area contributed by atoms with Gasteiger partial charge in [0.1, 0.15) is 5.82 Å². The number of amides is 1. The van der Waals surface area contributed by atoms with Crippen LogP contribution in [0.15, 0.2) is 36.7 Å². The lowest BCUT2D eigenvalue weighted by Gasteiger charge is -2.44. The summed E-state index contributed by atoms with van der Waals surface area (Å²) < 4.78 is 15.7. The van der Waals surface area contributed by atoms with Crippen LogP contribution in [0.2, 0.25) is 10.0 Å². The van der Waals surface area contributed by atoms with E-state index in [2.05, 4.69) is 16.8 Å². The molecule has 192 valence electrons. The molecule has 5 rings (SSSR count). The van der Waals surface area contributed by atoms with Crippen LogP contribution >= 0.6 is 23.2 Å². The number of anilines is 1. The van der Waals surface area contributed by atoms with E-state index < -0.39 is 11.6 Å². The molecule has 2 heterocycles. The fraction of sp³-hybridized carbons (Fsp3) is 0.481. The lowest BCUT2D eigenvalue weighted by Crippen LogP contribution is -2.57. The molecule has 1 saturated carbocycles. The SMILES string of the molecule is C[C@](CC1CCCC1)(CN1CCc2cc(F)ccc21)N(CCn1cnc2cc(Cl)c(Cl)cc21)C(=O)O. The number of benzene rings is 2. The van der Waals surface area contributed by atoms with Crippen LogP contribution < -0.4 is 4.90 Å². The van der Waals surface area contributed by atoms with Crippen molar-refractivity contribution in [3.8, 4) is 0 Å². The van der Waals surface area contributed by atoms with Crippen molar-refractivity contribution in [1.82, 2.24) is 14.5 Å². The van der Waals surface area contributed by atoms with E-state index in [0.717, 1.165) is 54.5 Å². The highest BCUT2D eigenvalue weighted by molar-refractivity contribution is 6.42. The highest BCUT2D eigenvalue weighted by Gasteiger charge is 2.40. The molecule has 3 aromatic rings. The van der Waals surface area contributed by atoms with Crippen LogP contribution in [0.5, 0.6) is 0 Å². The first kappa shape index (κ1) is 25.2. The number of rotatable bonds is 8. The van der Waals surface area contributed by atoms with Crippen molar-refractivity contribution in [2.45, 2.75) is 57.5 Å². The predicted octanol–water partition coefficient (Wildman–Crippen LogP) is 6.86. The second kappa shape index (κ2) is 10.1. The third-order valence-electron chi connectivity index (χ3n) is 7.88. The first-order chi connectivity index (χ1) is 17.2. The maximum absolute atomic E-state index is 13.8. The maximum Gasteiger partial charge on any atom is 0.407 e. The van der Waals surface area contributed by atoms with Crippen molar-refractivity contribution in [3.05, 3.63) is 58.1 Å². The number of halogens is 3. The van der Waals surface area contributed by atoms with Crippen LogP contribution in [0.1, 0.15) is 44.6 Å². The Morgan fingerprint density at radius 2 is 1.97 bits per heavy atom. The molecule has 0 radical (unpaired) electrons. The number of nitrogens with zero attached hydrogens (tertiary/aromatic N) is 4. The summed E-state index contributed by atoms with van der Waals surface area (Å²) in [5.74, 6) is 0.271. The molecule has 2 aromatic carbocycles. The Balaban J connectivity index is 1.41. The zero-order valence-electron chi connectivity index (χ0n) is 20.4. The van der Waals surface area contributed by atoms with Gasteiger partial charge in [-0.15, -0.1) is 0 Å². The zero-order valence-corrected chi connectivity index (χ0v) is 21.9. The summed E-state index contributed by atoms with van der Waals surface area (Å²) in [6.45, 7) is 4.17. The largest absolute Gasteiger partial charge is 0.465 e. The molecule has 0 bridgehead atoms. The van der Waals surface area contributed by atoms with Crippen LogP contribution in [0.3, 0.4) is 0 Å². The molecule has 1 aromatic heterocycles. The average molecular weight is 533 g/mol. The highest BCUT2D eigenvalue weighted by atomic mass is 35.5. The summed E-state index contributed by atoms with van der Waals surface area (Å²) in [5, 5.41) is 11.3. The third kappa shape index (κ3) is 5.00. The second-order valence-electron chi connectivity index (χ2n) is 10.4. The second-order valence-corrected chi connectivity index (χ2v) is 11.2. The number of imidazole rings is 1. The molecule has 2 aliphatic rings. The monoisotopic (exact) mass is 532 g/mol. The van der Waals surface area contributed by atoms with E-state index in [1.807, 2.05) is 10.6 Å². The maximum atomic E-state index is 13.8. The number of hydrogen-bond acceptors (Lipinski definition) is 3. The minimum Gasteiger partial charge on any atom is -0.465 e. The molecule has 1 atom stereocenters. The van der Waals surface area contributed by atoms with Crippen molar-refractivity contribution in [2.24, 2.45) is 5.92 Å². The summed E-state index contributed by atoms with van der Waals surface area (Å²) in [6.07, 6.45) is 7.01. The van der Waals surface area contributed by atoms with Crippen LogP contribution in [-0.2, 0) is 13.0 Å². The lowest BCUT2D eigenvalue weighted by molar-refractivity contribution is 0.0697. The van der Waals surface area contributed by atoms with Crippen LogP contribution in [0.4, 0.5) is 14.9 Å². The topological polar surface area (TPSA) is 61.6 Å². The molecule has 1 aliphatic heterocycles. The molecule has 1 fully saturated rings.